The van der Waals surface area contributed by atoms with Gasteiger partial charge >= 0.3 is 13.8 Å². The van der Waals surface area contributed by atoms with Gasteiger partial charge in [-0.15, -0.1) is 0 Å². The number of hydrogen-bond acceptors (Lipinski definition) is 6. The van der Waals surface area contributed by atoms with E-state index in [1.54, 1.807) is 12.1 Å². The molecule has 0 bridgehead atoms. The first-order valence-corrected chi connectivity index (χ1v) is 11.7. The van der Waals surface area contributed by atoms with Gasteiger partial charge in [-0.3, -0.25) is 9.05 Å². The molecule has 1 fully saturated rings. The largest absolute Gasteiger partial charge is 0.507 e. The van der Waals surface area contributed by atoms with Crippen LogP contribution in [0.15, 0.2) is 35.9 Å². The standard InChI is InChI=1S/C22H29O7P/c1-5-6-15-10-18(23)21(17-9-14(4)7-8-16(17)13(2)3)19(11-15)28-22(24)20-12-27-30(25,26)29-20/h9-11,16-17,20,23H,2,5-8,12H2,1,3-4H3,(H,25,26)/t16-,17+,20?/m0/s1. The van der Waals surface area contributed by atoms with Crippen LogP contribution in [0, 0.1) is 5.92 Å². The lowest BCUT2D eigenvalue weighted by molar-refractivity contribution is -0.141. The Kier molecular flexibility index (Phi) is 6.88. The Hall–Kier alpha value is -1.92. The Labute approximate surface area is 177 Å². The summed E-state index contributed by atoms with van der Waals surface area (Å²) in [5.41, 5.74) is 3.54. The van der Waals surface area contributed by atoms with E-state index in [2.05, 4.69) is 17.2 Å². The number of esters is 1. The van der Waals surface area contributed by atoms with Crippen LogP contribution in [0.3, 0.4) is 0 Å². The van der Waals surface area contributed by atoms with Gasteiger partial charge < -0.3 is 14.7 Å². The Morgan fingerprint density at radius 3 is 2.73 bits per heavy atom. The molecule has 4 atom stereocenters. The summed E-state index contributed by atoms with van der Waals surface area (Å²) in [5, 5.41) is 10.9. The number of rotatable bonds is 6. The molecule has 2 N–H and O–H groups in total. The number of aromatic hydroxyl groups is 1. The summed E-state index contributed by atoms with van der Waals surface area (Å²) in [6.45, 7) is 9.77. The molecular formula is C22H29O7P. The van der Waals surface area contributed by atoms with Crippen molar-refractivity contribution in [2.24, 2.45) is 5.92 Å². The van der Waals surface area contributed by atoms with E-state index in [4.69, 9.17) is 9.26 Å². The lowest BCUT2D eigenvalue weighted by Gasteiger charge is -2.32. The van der Waals surface area contributed by atoms with E-state index >= 15 is 0 Å². The van der Waals surface area contributed by atoms with Crippen LogP contribution >= 0.6 is 7.82 Å². The third-order valence-corrected chi connectivity index (χ3v) is 6.55. The number of phosphoric acid groups is 1. The van der Waals surface area contributed by atoms with Crippen molar-refractivity contribution in [3.05, 3.63) is 47.1 Å². The van der Waals surface area contributed by atoms with E-state index in [0.29, 0.717) is 12.0 Å². The van der Waals surface area contributed by atoms with Crippen LogP contribution in [0.25, 0.3) is 0 Å². The van der Waals surface area contributed by atoms with Crippen molar-refractivity contribution in [3.8, 4) is 11.5 Å². The van der Waals surface area contributed by atoms with E-state index in [-0.39, 0.29) is 29.9 Å². The first kappa shape index (κ1) is 22.8. The fourth-order valence-corrected chi connectivity index (χ4v) is 4.95. The topological polar surface area (TPSA) is 102 Å². The number of aryl methyl sites for hydroxylation is 1. The van der Waals surface area contributed by atoms with E-state index < -0.39 is 19.9 Å². The first-order chi connectivity index (χ1) is 14.1. The van der Waals surface area contributed by atoms with Gasteiger partial charge in [-0.2, -0.15) is 0 Å². The summed E-state index contributed by atoms with van der Waals surface area (Å²) in [6.07, 6.45) is 4.18. The normalized spacial score (nSPS) is 28.8. The van der Waals surface area contributed by atoms with E-state index in [9.17, 15) is 19.4 Å². The Morgan fingerprint density at radius 1 is 1.40 bits per heavy atom. The number of carbonyl (C=O) groups is 1. The van der Waals surface area contributed by atoms with E-state index in [1.165, 1.54) is 5.57 Å². The van der Waals surface area contributed by atoms with Crippen molar-refractivity contribution in [1.82, 2.24) is 0 Å². The molecule has 1 saturated heterocycles. The van der Waals surface area contributed by atoms with Gasteiger partial charge in [0.15, 0.2) is 6.10 Å². The van der Waals surface area contributed by atoms with Crippen molar-refractivity contribution in [2.45, 2.75) is 58.5 Å². The molecule has 1 aliphatic carbocycles. The van der Waals surface area contributed by atoms with Crippen LogP contribution in [0.5, 0.6) is 11.5 Å². The molecule has 0 amide bonds. The molecule has 0 spiro atoms. The number of allylic oxidation sites excluding steroid dienone is 3. The summed E-state index contributed by atoms with van der Waals surface area (Å²) in [7, 11) is -4.23. The van der Waals surface area contributed by atoms with Gasteiger partial charge in [0.1, 0.15) is 11.5 Å². The maximum absolute atomic E-state index is 12.6. The highest BCUT2D eigenvalue weighted by molar-refractivity contribution is 7.47. The number of phenols is 1. The zero-order chi connectivity index (χ0) is 22.1. The second-order valence-corrected chi connectivity index (χ2v) is 9.49. The van der Waals surface area contributed by atoms with Crippen LogP contribution in [0.2, 0.25) is 0 Å². The zero-order valence-electron chi connectivity index (χ0n) is 17.6. The maximum atomic E-state index is 12.6. The number of phenolic OH excluding ortho intramolecular Hbond substituents is 1. The third-order valence-electron chi connectivity index (χ3n) is 5.56. The maximum Gasteiger partial charge on any atom is 0.473 e. The minimum Gasteiger partial charge on any atom is -0.507 e. The quantitative estimate of drug-likeness (QED) is 0.286. The highest BCUT2D eigenvalue weighted by Gasteiger charge is 2.41. The summed E-state index contributed by atoms with van der Waals surface area (Å²) >= 11 is 0. The van der Waals surface area contributed by atoms with Crippen LogP contribution in [-0.4, -0.2) is 28.7 Å². The molecule has 30 heavy (non-hydrogen) atoms. The van der Waals surface area contributed by atoms with E-state index in [1.807, 2.05) is 20.8 Å². The van der Waals surface area contributed by atoms with Gasteiger partial charge in [0, 0.05) is 11.5 Å². The molecule has 164 valence electrons. The predicted octanol–water partition coefficient (Wildman–Crippen LogP) is 4.78. The predicted molar refractivity (Wildman–Crippen MR) is 112 cm³/mol. The van der Waals surface area contributed by atoms with Crippen molar-refractivity contribution in [1.29, 1.82) is 0 Å². The van der Waals surface area contributed by atoms with Gasteiger partial charge in [0.05, 0.1) is 6.61 Å². The van der Waals surface area contributed by atoms with Crippen LogP contribution < -0.4 is 4.74 Å². The van der Waals surface area contributed by atoms with Crippen LogP contribution in [-0.2, 0) is 24.8 Å². The minimum absolute atomic E-state index is 0.0578. The summed E-state index contributed by atoms with van der Waals surface area (Å²) in [5.74, 6) is -0.645. The molecule has 2 unspecified atom stereocenters. The molecule has 8 heteroatoms. The van der Waals surface area contributed by atoms with Gasteiger partial charge in [-0.1, -0.05) is 37.1 Å². The average molecular weight is 436 g/mol. The molecular weight excluding hydrogens is 407 g/mol. The van der Waals surface area contributed by atoms with Crippen molar-refractivity contribution < 1.29 is 33.1 Å². The molecule has 1 aromatic rings. The van der Waals surface area contributed by atoms with Crippen molar-refractivity contribution >= 4 is 13.8 Å². The number of carbonyl (C=O) groups excluding carboxylic acids is 1. The monoisotopic (exact) mass is 436 g/mol. The van der Waals surface area contributed by atoms with Gasteiger partial charge in [0.25, 0.3) is 0 Å². The zero-order valence-corrected chi connectivity index (χ0v) is 18.5. The molecule has 3 rings (SSSR count). The molecule has 1 aromatic carbocycles. The summed E-state index contributed by atoms with van der Waals surface area (Å²) in [4.78, 5) is 22.0. The average Bonchev–Trinajstić information content (AvgIpc) is 3.01. The van der Waals surface area contributed by atoms with Gasteiger partial charge in [-0.25, -0.2) is 9.36 Å². The Morgan fingerprint density at radius 2 is 2.13 bits per heavy atom. The second-order valence-electron chi connectivity index (χ2n) is 8.09. The fraction of sp³-hybridized carbons (Fsp3) is 0.500. The van der Waals surface area contributed by atoms with Crippen LogP contribution in [0.4, 0.5) is 0 Å². The molecule has 0 saturated carbocycles. The Balaban J connectivity index is 2.02. The Bertz CT molecular complexity index is 920. The van der Waals surface area contributed by atoms with Gasteiger partial charge in [0.2, 0.25) is 0 Å². The van der Waals surface area contributed by atoms with Crippen molar-refractivity contribution in [2.75, 3.05) is 6.61 Å². The highest BCUT2D eigenvalue weighted by Crippen LogP contribution is 2.50. The molecule has 0 radical (unpaired) electrons. The number of benzene rings is 1. The van der Waals surface area contributed by atoms with Crippen LogP contribution in [0.1, 0.15) is 57.1 Å². The second kappa shape index (κ2) is 9.06. The van der Waals surface area contributed by atoms with Crippen molar-refractivity contribution in [3.63, 3.8) is 0 Å². The number of hydrogen-bond donors (Lipinski definition) is 2. The SMILES string of the molecule is C=C(C)[C@@H]1CCC(C)=C[C@H]1c1c(O)cc(CCC)cc1OC(=O)C1COP(=O)(O)O1. The molecule has 7 nitrogen and oxygen atoms in total. The molecule has 2 aliphatic rings. The lowest BCUT2D eigenvalue weighted by atomic mass is 9.73. The fourth-order valence-electron chi connectivity index (χ4n) is 4.09. The number of ether oxygens (including phenoxy) is 1. The lowest BCUT2D eigenvalue weighted by Crippen LogP contribution is -2.28. The smallest absolute Gasteiger partial charge is 0.473 e. The number of phosphoric ester groups is 1. The van der Waals surface area contributed by atoms with Gasteiger partial charge in [-0.05, 0) is 56.7 Å². The minimum atomic E-state index is -4.23. The first-order valence-electron chi connectivity index (χ1n) is 10.2. The summed E-state index contributed by atoms with van der Waals surface area (Å²) < 4.78 is 26.5. The molecule has 1 aliphatic heterocycles. The highest BCUT2D eigenvalue weighted by atomic mass is 31.2. The van der Waals surface area contributed by atoms with E-state index in [0.717, 1.165) is 30.4 Å². The molecule has 1 heterocycles. The summed E-state index contributed by atoms with van der Waals surface area (Å²) in [6, 6.07) is 3.46. The molecule has 0 aromatic heterocycles. The third kappa shape index (κ3) is 5.03.